The summed E-state index contributed by atoms with van der Waals surface area (Å²) < 4.78 is 11.0. The van der Waals surface area contributed by atoms with Gasteiger partial charge in [-0.1, -0.05) is 0 Å². The van der Waals surface area contributed by atoms with Crippen molar-refractivity contribution in [1.82, 2.24) is 5.32 Å². The summed E-state index contributed by atoms with van der Waals surface area (Å²) in [5, 5.41) is 3.09. The van der Waals surface area contributed by atoms with Gasteiger partial charge in [0.1, 0.15) is 11.5 Å². The van der Waals surface area contributed by atoms with Crippen molar-refractivity contribution < 1.29 is 14.3 Å². The molecule has 6 heteroatoms. The molecule has 0 aromatic heterocycles. The lowest BCUT2D eigenvalue weighted by molar-refractivity contribution is -0.122. The van der Waals surface area contributed by atoms with Crippen LogP contribution in [0.2, 0.25) is 0 Å². The summed E-state index contributed by atoms with van der Waals surface area (Å²) in [6.45, 7) is 3.15. The second-order valence-electron chi connectivity index (χ2n) is 6.04. The smallest absolute Gasteiger partial charge is 0.220 e. The van der Waals surface area contributed by atoms with Gasteiger partial charge in [-0.2, -0.15) is 0 Å². The maximum atomic E-state index is 11.9. The Labute approximate surface area is 150 Å². The van der Waals surface area contributed by atoms with E-state index >= 15 is 0 Å². The van der Waals surface area contributed by atoms with Crippen molar-refractivity contribution in [2.75, 3.05) is 13.2 Å². The van der Waals surface area contributed by atoms with Gasteiger partial charge in [-0.15, -0.1) is 12.4 Å². The molecule has 1 aromatic rings. The molecule has 3 N–H and O–H groups in total. The third-order valence-corrected chi connectivity index (χ3v) is 4.09. The highest BCUT2D eigenvalue weighted by atomic mass is 35.5. The Morgan fingerprint density at radius 3 is 2.29 bits per heavy atom. The first-order valence-electron chi connectivity index (χ1n) is 8.58. The molecule has 0 saturated heterocycles. The van der Waals surface area contributed by atoms with Gasteiger partial charge in [0, 0.05) is 18.5 Å². The van der Waals surface area contributed by atoms with Crippen LogP contribution in [0.15, 0.2) is 24.3 Å². The third kappa shape index (κ3) is 7.41. The van der Waals surface area contributed by atoms with Crippen LogP contribution in [0.4, 0.5) is 0 Å². The number of carbonyl (C=O) groups is 1. The topological polar surface area (TPSA) is 73.6 Å². The number of nitrogens with two attached hydrogens (primary N) is 1. The lowest BCUT2D eigenvalue weighted by atomic mass is 9.92. The molecule has 1 fully saturated rings. The molecule has 2 rings (SSSR count). The highest BCUT2D eigenvalue weighted by molar-refractivity contribution is 5.85. The van der Waals surface area contributed by atoms with E-state index in [-0.39, 0.29) is 18.3 Å². The van der Waals surface area contributed by atoms with Crippen LogP contribution in [-0.4, -0.2) is 31.2 Å². The lowest BCUT2D eigenvalue weighted by Gasteiger charge is -2.26. The molecule has 1 aromatic carbocycles. The molecule has 1 saturated carbocycles. The maximum absolute atomic E-state index is 11.9. The summed E-state index contributed by atoms with van der Waals surface area (Å²) in [6.07, 6.45) is 5.22. The molecule has 0 spiro atoms. The number of amides is 1. The zero-order valence-electron chi connectivity index (χ0n) is 14.3. The van der Waals surface area contributed by atoms with Gasteiger partial charge >= 0.3 is 0 Å². The Kier molecular flexibility index (Phi) is 9.57. The Hall–Kier alpha value is -1.46. The van der Waals surface area contributed by atoms with E-state index in [9.17, 15) is 4.79 Å². The van der Waals surface area contributed by atoms with Crippen molar-refractivity contribution in [1.29, 1.82) is 0 Å². The van der Waals surface area contributed by atoms with Crippen LogP contribution in [0, 0.1) is 0 Å². The van der Waals surface area contributed by atoms with Gasteiger partial charge in [0.25, 0.3) is 0 Å². The standard InChI is InChI=1S/C18H28N2O3.ClH/c1-2-22-16-9-11-17(12-10-16)23-13-3-4-18(21)20-15-7-5-14(19)6-8-15;/h9-12,14-15H,2-8,13,19H2,1H3,(H,20,21);1H. The summed E-state index contributed by atoms with van der Waals surface area (Å²) in [6, 6.07) is 8.16. The summed E-state index contributed by atoms with van der Waals surface area (Å²) in [5.41, 5.74) is 5.87. The van der Waals surface area contributed by atoms with E-state index in [0.29, 0.717) is 38.1 Å². The second kappa shape index (κ2) is 11.2. The predicted octanol–water partition coefficient (Wildman–Crippen LogP) is 3.05. The van der Waals surface area contributed by atoms with Crippen molar-refractivity contribution in [3.8, 4) is 11.5 Å². The second-order valence-corrected chi connectivity index (χ2v) is 6.04. The van der Waals surface area contributed by atoms with Gasteiger partial charge in [0.2, 0.25) is 5.91 Å². The van der Waals surface area contributed by atoms with Crippen molar-refractivity contribution >= 4 is 18.3 Å². The summed E-state index contributed by atoms with van der Waals surface area (Å²) in [5.74, 6) is 1.75. The number of nitrogens with one attached hydrogen (secondary N) is 1. The fourth-order valence-corrected chi connectivity index (χ4v) is 2.78. The number of hydrogen-bond donors (Lipinski definition) is 2. The Morgan fingerprint density at radius 2 is 1.71 bits per heavy atom. The zero-order valence-corrected chi connectivity index (χ0v) is 15.1. The molecule has 1 amide bonds. The van der Waals surface area contributed by atoms with Crippen LogP contribution in [0.3, 0.4) is 0 Å². The molecule has 24 heavy (non-hydrogen) atoms. The van der Waals surface area contributed by atoms with Gasteiger partial charge < -0.3 is 20.5 Å². The number of hydrogen-bond acceptors (Lipinski definition) is 4. The van der Waals surface area contributed by atoms with Gasteiger partial charge in [-0.05, 0) is 63.3 Å². The van der Waals surface area contributed by atoms with Crippen LogP contribution < -0.4 is 20.5 Å². The normalized spacial score (nSPS) is 19.9. The number of halogens is 1. The Morgan fingerprint density at radius 1 is 1.12 bits per heavy atom. The number of benzene rings is 1. The summed E-state index contributed by atoms with van der Waals surface area (Å²) in [4.78, 5) is 11.9. The molecule has 5 nitrogen and oxygen atoms in total. The van der Waals surface area contributed by atoms with Crippen molar-refractivity contribution in [2.24, 2.45) is 5.73 Å². The average Bonchev–Trinajstić information content (AvgIpc) is 2.55. The van der Waals surface area contributed by atoms with E-state index in [1.165, 1.54) is 0 Å². The molecular formula is C18H29ClN2O3. The SMILES string of the molecule is CCOc1ccc(OCCCC(=O)NC2CCC(N)CC2)cc1.Cl. The molecule has 1 aliphatic carbocycles. The molecule has 0 atom stereocenters. The first kappa shape index (κ1) is 20.6. The molecule has 0 unspecified atom stereocenters. The van der Waals surface area contributed by atoms with E-state index in [1.54, 1.807) is 0 Å². The number of rotatable bonds is 8. The van der Waals surface area contributed by atoms with Gasteiger partial charge in [0.15, 0.2) is 0 Å². The summed E-state index contributed by atoms with van der Waals surface area (Å²) >= 11 is 0. The van der Waals surface area contributed by atoms with Crippen LogP contribution in [0.1, 0.15) is 45.4 Å². The number of ether oxygens (including phenoxy) is 2. The molecule has 0 heterocycles. The zero-order chi connectivity index (χ0) is 16.5. The number of carbonyl (C=O) groups excluding carboxylic acids is 1. The van der Waals surface area contributed by atoms with Gasteiger partial charge in [-0.25, -0.2) is 0 Å². The largest absolute Gasteiger partial charge is 0.494 e. The van der Waals surface area contributed by atoms with Crippen molar-refractivity contribution in [3.63, 3.8) is 0 Å². The molecule has 0 bridgehead atoms. The van der Waals surface area contributed by atoms with E-state index in [0.717, 1.165) is 37.2 Å². The molecule has 0 radical (unpaired) electrons. The minimum absolute atomic E-state index is 0. The maximum Gasteiger partial charge on any atom is 0.220 e. The fourth-order valence-electron chi connectivity index (χ4n) is 2.78. The molecule has 136 valence electrons. The minimum Gasteiger partial charge on any atom is -0.494 e. The van der Waals surface area contributed by atoms with E-state index in [1.807, 2.05) is 31.2 Å². The monoisotopic (exact) mass is 356 g/mol. The van der Waals surface area contributed by atoms with Gasteiger partial charge in [0.05, 0.1) is 13.2 Å². The van der Waals surface area contributed by atoms with Crippen molar-refractivity contribution in [2.45, 2.75) is 57.5 Å². The lowest BCUT2D eigenvalue weighted by Crippen LogP contribution is -2.40. The van der Waals surface area contributed by atoms with Gasteiger partial charge in [-0.3, -0.25) is 4.79 Å². The van der Waals surface area contributed by atoms with E-state index in [4.69, 9.17) is 15.2 Å². The van der Waals surface area contributed by atoms with Crippen LogP contribution in [-0.2, 0) is 4.79 Å². The molecule has 1 aliphatic rings. The average molecular weight is 357 g/mol. The van der Waals surface area contributed by atoms with E-state index in [2.05, 4.69) is 5.32 Å². The Balaban J connectivity index is 0.00000288. The molecule has 0 aliphatic heterocycles. The molecular weight excluding hydrogens is 328 g/mol. The third-order valence-electron chi connectivity index (χ3n) is 4.09. The van der Waals surface area contributed by atoms with Crippen LogP contribution in [0.5, 0.6) is 11.5 Å². The first-order chi connectivity index (χ1) is 11.2. The first-order valence-corrected chi connectivity index (χ1v) is 8.58. The predicted molar refractivity (Wildman–Crippen MR) is 98.0 cm³/mol. The van der Waals surface area contributed by atoms with Crippen molar-refractivity contribution in [3.05, 3.63) is 24.3 Å². The highest BCUT2D eigenvalue weighted by Gasteiger charge is 2.19. The van der Waals surface area contributed by atoms with Crippen LogP contribution >= 0.6 is 12.4 Å². The highest BCUT2D eigenvalue weighted by Crippen LogP contribution is 2.18. The van der Waals surface area contributed by atoms with E-state index < -0.39 is 0 Å². The quantitative estimate of drug-likeness (QED) is 0.702. The summed E-state index contributed by atoms with van der Waals surface area (Å²) in [7, 11) is 0. The Bertz CT molecular complexity index is 474. The fraction of sp³-hybridized carbons (Fsp3) is 0.611. The van der Waals surface area contributed by atoms with Crippen LogP contribution in [0.25, 0.3) is 0 Å². The minimum atomic E-state index is 0.